The van der Waals surface area contributed by atoms with Crippen molar-refractivity contribution in [2.24, 2.45) is 0 Å². The standard InChI is InChI=1S/C23H18BrNO/c1-25-20-13-12-18(24)14-19(20)23(21(25)26)15-22(23,16-8-4-2-5-9-16)17-10-6-3-7-11-17/h2-14H,15H2,1H3. The summed E-state index contributed by atoms with van der Waals surface area (Å²) in [6, 6.07) is 27.1. The first-order valence-corrected chi connectivity index (χ1v) is 9.60. The number of likely N-dealkylation sites (N-methyl/N-ethyl adjacent to an activating group) is 1. The van der Waals surface area contributed by atoms with Crippen molar-refractivity contribution < 1.29 is 4.79 Å². The molecule has 0 bridgehead atoms. The maximum atomic E-state index is 13.5. The number of amides is 1. The monoisotopic (exact) mass is 403 g/mol. The third-order valence-electron chi connectivity index (χ3n) is 6.12. The number of benzene rings is 3. The summed E-state index contributed by atoms with van der Waals surface area (Å²) in [5, 5.41) is 0. The van der Waals surface area contributed by atoms with E-state index in [0.717, 1.165) is 22.1 Å². The summed E-state index contributed by atoms with van der Waals surface area (Å²) in [6.07, 6.45) is 0.806. The number of halogens is 1. The van der Waals surface area contributed by atoms with Crippen molar-refractivity contribution in [3.8, 4) is 0 Å². The highest BCUT2D eigenvalue weighted by Gasteiger charge is 2.77. The van der Waals surface area contributed by atoms with Gasteiger partial charge in [0.25, 0.3) is 0 Å². The Balaban J connectivity index is 1.81. The van der Waals surface area contributed by atoms with E-state index in [1.807, 2.05) is 36.2 Å². The summed E-state index contributed by atoms with van der Waals surface area (Å²) in [7, 11) is 1.89. The predicted molar refractivity (Wildman–Crippen MR) is 108 cm³/mol. The molecule has 3 heteroatoms. The molecule has 0 radical (unpaired) electrons. The van der Waals surface area contributed by atoms with Gasteiger partial charge in [-0.05, 0) is 41.3 Å². The Hall–Kier alpha value is -2.39. The molecule has 26 heavy (non-hydrogen) atoms. The van der Waals surface area contributed by atoms with Crippen molar-refractivity contribution in [1.29, 1.82) is 0 Å². The van der Waals surface area contributed by atoms with Gasteiger partial charge in [-0.15, -0.1) is 0 Å². The lowest BCUT2D eigenvalue weighted by Crippen LogP contribution is -2.34. The molecule has 1 aliphatic carbocycles. The van der Waals surface area contributed by atoms with Gasteiger partial charge in [0, 0.05) is 22.6 Å². The number of hydrogen-bond acceptors (Lipinski definition) is 1. The first kappa shape index (κ1) is 15.8. The van der Waals surface area contributed by atoms with Gasteiger partial charge in [0.2, 0.25) is 5.91 Å². The highest BCUT2D eigenvalue weighted by Crippen LogP contribution is 2.72. The lowest BCUT2D eigenvalue weighted by molar-refractivity contribution is -0.120. The molecule has 1 aliphatic heterocycles. The van der Waals surface area contributed by atoms with Crippen LogP contribution in [0.15, 0.2) is 83.3 Å². The Labute approximate surface area is 161 Å². The van der Waals surface area contributed by atoms with E-state index in [9.17, 15) is 4.79 Å². The minimum atomic E-state index is -0.524. The Kier molecular flexibility index (Phi) is 3.23. The van der Waals surface area contributed by atoms with Crippen molar-refractivity contribution in [2.75, 3.05) is 11.9 Å². The number of fused-ring (bicyclic) bond motifs is 2. The maximum absolute atomic E-state index is 13.5. The maximum Gasteiger partial charge on any atom is 0.238 e. The summed E-state index contributed by atoms with van der Waals surface area (Å²) < 4.78 is 1.01. The molecular weight excluding hydrogens is 386 g/mol. The van der Waals surface area contributed by atoms with Crippen molar-refractivity contribution in [3.63, 3.8) is 0 Å². The minimum absolute atomic E-state index is 0.193. The van der Waals surface area contributed by atoms with Crippen LogP contribution >= 0.6 is 15.9 Å². The minimum Gasteiger partial charge on any atom is -0.314 e. The van der Waals surface area contributed by atoms with Gasteiger partial charge in [0.15, 0.2) is 0 Å². The second kappa shape index (κ2) is 5.31. The molecule has 0 saturated heterocycles. The molecule has 0 aromatic heterocycles. The Bertz CT molecular complexity index is 975. The lowest BCUT2D eigenvalue weighted by Gasteiger charge is -2.24. The summed E-state index contributed by atoms with van der Waals surface area (Å²) >= 11 is 3.60. The molecule has 1 unspecified atom stereocenters. The molecular formula is C23H18BrNO. The lowest BCUT2D eigenvalue weighted by atomic mass is 9.77. The van der Waals surface area contributed by atoms with E-state index in [1.54, 1.807) is 0 Å². The summed E-state index contributed by atoms with van der Waals surface area (Å²) in [6.45, 7) is 0. The van der Waals surface area contributed by atoms with Gasteiger partial charge in [-0.2, -0.15) is 0 Å². The van der Waals surface area contributed by atoms with Crippen LogP contribution in [0.5, 0.6) is 0 Å². The molecule has 1 fully saturated rings. The topological polar surface area (TPSA) is 20.3 Å². The number of anilines is 1. The van der Waals surface area contributed by atoms with E-state index in [0.29, 0.717) is 0 Å². The quantitative estimate of drug-likeness (QED) is 0.585. The smallest absolute Gasteiger partial charge is 0.238 e. The fourth-order valence-corrected chi connectivity index (χ4v) is 5.26. The normalized spacial score (nSPS) is 22.5. The van der Waals surface area contributed by atoms with Gasteiger partial charge in [-0.25, -0.2) is 0 Å². The van der Waals surface area contributed by atoms with Gasteiger partial charge in [0.1, 0.15) is 0 Å². The molecule has 1 atom stereocenters. The Morgan fingerprint density at radius 2 is 1.42 bits per heavy atom. The summed E-state index contributed by atoms with van der Waals surface area (Å²) in [5.74, 6) is 0.193. The van der Waals surface area contributed by atoms with Gasteiger partial charge in [-0.3, -0.25) is 4.79 Å². The molecule has 2 aliphatic rings. The van der Waals surface area contributed by atoms with Crippen molar-refractivity contribution in [1.82, 2.24) is 0 Å². The number of rotatable bonds is 2. The van der Waals surface area contributed by atoms with Gasteiger partial charge in [0.05, 0.1) is 5.41 Å². The fraction of sp³-hybridized carbons (Fsp3) is 0.174. The molecule has 2 nitrogen and oxygen atoms in total. The summed E-state index contributed by atoms with van der Waals surface area (Å²) in [4.78, 5) is 15.4. The van der Waals surface area contributed by atoms with Crippen LogP contribution in [0.4, 0.5) is 5.69 Å². The number of carbonyl (C=O) groups is 1. The average Bonchev–Trinajstić information content (AvgIpc) is 3.36. The van der Waals surface area contributed by atoms with E-state index in [2.05, 4.69) is 70.5 Å². The van der Waals surface area contributed by atoms with Crippen molar-refractivity contribution in [3.05, 3.63) is 100 Å². The second-order valence-corrected chi connectivity index (χ2v) is 8.16. The van der Waals surface area contributed by atoms with E-state index in [-0.39, 0.29) is 11.3 Å². The zero-order chi connectivity index (χ0) is 17.9. The molecule has 5 rings (SSSR count). The molecule has 1 spiro atoms. The average molecular weight is 404 g/mol. The molecule has 1 saturated carbocycles. The van der Waals surface area contributed by atoms with E-state index in [1.165, 1.54) is 11.1 Å². The van der Waals surface area contributed by atoms with E-state index >= 15 is 0 Å². The third kappa shape index (κ3) is 1.79. The van der Waals surface area contributed by atoms with Crippen LogP contribution in [-0.4, -0.2) is 13.0 Å². The van der Waals surface area contributed by atoms with Crippen molar-refractivity contribution >= 4 is 27.5 Å². The third-order valence-corrected chi connectivity index (χ3v) is 6.61. The van der Waals surface area contributed by atoms with Crippen LogP contribution in [0.2, 0.25) is 0 Å². The molecule has 3 aromatic carbocycles. The summed E-state index contributed by atoms with van der Waals surface area (Å²) in [5.41, 5.74) is 3.73. The Morgan fingerprint density at radius 3 is 2.00 bits per heavy atom. The highest BCUT2D eigenvalue weighted by molar-refractivity contribution is 9.10. The van der Waals surface area contributed by atoms with Crippen LogP contribution in [0.1, 0.15) is 23.1 Å². The molecule has 3 aromatic rings. The van der Waals surface area contributed by atoms with Crippen LogP contribution in [-0.2, 0) is 15.6 Å². The van der Waals surface area contributed by atoms with Crippen LogP contribution in [0.25, 0.3) is 0 Å². The van der Waals surface area contributed by atoms with E-state index < -0.39 is 5.41 Å². The number of nitrogens with zero attached hydrogens (tertiary/aromatic N) is 1. The van der Waals surface area contributed by atoms with Gasteiger partial charge in [-0.1, -0.05) is 76.6 Å². The van der Waals surface area contributed by atoms with Crippen molar-refractivity contribution in [2.45, 2.75) is 17.3 Å². The number of carbonyl (C=O) groups excluding carboxylic acids is 1. The van der Waals surface area contributed by atoms with Gasteiger partial charge >= 0.3 is 0 Å². The fourth-order valence-electron chi connectivity index (χ4n) is 4.90. The molecule has 1 heterocycles. The second-order valence-electron chi connectivity index (χ2n) is 7.25. The van der Waals surface area contributed by atoms with Crippen LogP contribution in [0, 0.1) is 0 Å². The van der Waals surface area contributed by atoms with Gasteiger partial charge < -0.3 is 4.90 Å². The largest absolute Gasteiger partial charge is 0.314 e. The SMILES string of the molecule is CN1C(=O)C2(CC2(c2ccccc2)c2ccccc2)c2cc(Br)ccc21. The first-order chi connectivity index (χ1) is 12.6. The Morgan fingerprint density at radius 1 is 0.846 bits per heavy atom. The van der Waals surface area contributed by atoms with E-state index in [4.69, 9.17) is 0 Å². The van der Waals surface area contributed by atoms with Crippen LogP contribution in [0.3, 0.4) is 0 Å². The number of hydrogen-bond donors (Lipinski definition) is 0. The highest BCUT2D eigenvalue weighted by atomic mass is 79.9. The molecule has 1 amide bonds. The van der Waals surface area contributed by atoms with Crippen LogP contribution < -0.4 is 4.90 Å². The zero-order valence-electron chi connectivity index (χ0n) is 14.4. The molecule has 0 N–H and O–H groups in total. The predicted octanol–water partition coefficient (Wildman–Crippen LogP) is 5.05. The molecule has 128 valence electrons. The first-order valence-electron chi connectivity index (χ1n) is 8.80. The zero-order valence-corrected chi connectivity index (χ0v) is 16.0.